The van der Waals surface area contributed by atoms with Gasteiger partial charge in [0.05, 0.1) is 116 Å². The Hall–Kier alpha value is -7.00. The molecule has 142 heavy (non-hydrogen) atoms. The van der Waals surface area contributed by atoms with Crippen molar-refractivity contribution in [3.8, 4) is 11.5 Å². The van der Waals surface area contributed by atoms with Crippen LogP contribution in [0.1, 0.15) is 219 Å². The average molecular weight is 2040 g/mol. The smallest absolute Gasteiger partial charge is 0.870 e. The van der Waals surface area contributed by atoms with Gasteiger partial charge in [-0.3, -0.25) is 67.2 Å². The molecule has 3 heterocycles. The van der Waals surface area contributed by atoms with Crippen molar-refractivity contribution in [2.24, 2.45) is 76.7 Å². The Morgan fingerprint density at radius 3 is 1.16 bits per heavy atom. The van der Waals surface area contributed by atoms with Gasteiger partial charge < -0.3 is 120 Å². The number of cyclic esters (lactones) is 4. The zero-order valence-corrected chi connectivity index (χ0v) is 94.1. The molecule has 18 atom stereocenters. The summed E-state index contributed by atoms with van der Waals surface area (Å²) in [4.78, 5) is 211. The number of Topliss-reactive ketones (excluding diaryl/α,β-unsaturated/α-hetero) is 4. The number of nitrogens with one attached hydrogen (secondary N) is 1. The number of likely N-dealkylation sites (tertiary alicyclic amines) is 1. The third-order valence-corrected chi connectivity index (χ3v) is 23.5. The number of benzene rings is 4. The molecule has 6 N–H and O–H groups in total. The first kappa shape index (κ1) is 143. The number of amides is 3. The topological polar surface area (TPSA) is 565 Å². The van der Waals surface area contributed by atoms with Crippen molar-refractivity contribution in [2.75, 3.05) is 102 Å². The summed E-state index contributed by atoms with van der Waals surface area (Å²) < 4.78 is 65.1. The summed E-state index contributed by atoms with van der Waals surface area (Å²) in [6.07, 6.45) is -6.13. The molecule has 0 bridgehead atoms. The van der Waals surface area contributed by atoms with E-state index in [9.17, 15) is 92.0 Å². The quantitative estimate of drug-likeness (QED) is 0.00471. The number of ether oxygens (including phenoxy) is 12. The number of carbonyl (C=O) groups is 16. The number of unbranched alkanes of at least 4 members (excludes halogenated alkanes) is 3. The van der Waals surface area contributed by atoms with Crippen LogP contribution in [-0.2, 0) is 105 Å². The van der Waals surface area contributed by atoms with Crippen LogP contribution in [0.25, 0.3) is 0 Å². The molecule has 4 aromatic carbocycles. The van der Waals surface area contributed by atoms with Crippen LogP contribution in [0.3, 0.4) is 0 Å². The number of nitrogens with two attached hydrogens (primary N) is 1. The Morgan fingerprint density at radius 1 is 0.458 bits per heavy atom. The van der Waals surface area contributed by atoms with E-state index in [0.717, 1.165) is 43.9 Å². The van der Waals surface area contributed by atoms with E-state index in [0.29, 0.717) is 54.5 Å². The Kier molecular flexibility index (Phi) is 79.1. The third kappa shape index (κ3) is 45.4. The first-order chi connectivity index (χ1) is 64.9. The van der Waals surface area contributed by atoms with Gasteiger partial charge in [-0.05, 0) is 141 Å². The number of imide groups is 1. The molecule has 3 amide bonds. The molecule has 0 saturated carbocycles. The second-order valence-electron chi connectivity index (χ2n) is 32.5. The molecule has 3 aliphatic heterocycles. The van der Waals surface area contributed by atoms with Gasteiger partial charge in [0.15, 0.2) is 23.1 Å². The maximum atomic E-state index is 14.8. The van der Waals surface area contributed by atoms with Gasteiger partial charge in [-0.15, -0.1) is 0 Å². The van der Waals surface area contributed by atoms with Gasteiger partial charge in [-0.25, -0.2) is 0 Å². The van der Waals surface area contributed by atoms with Gasteiger partial charge in [0, 0.05) is 120 Å². The second kappa shape index (κ2) is 78.3. The minimum atomic E-state index is -2.09. The molecule has 0 radical (unpaired) electrons. The average Bonchev–Trinajstić information content (AvgIpc) is 1.62. The van der Waals surface area contributed by atoms with Crippen molar-refractivity contribution in [3.05, 3.63) is 137 Å². The van der Waals surface area contributed by atoms with Crippen LogP contribution in [0.5, 0.6) is 11.5 Å². The molecule has 0 aromatic heterocycles. The summed E-state index contributed by atoms with van der Waals surface area (Å²) in [5, 5.41) is 59.3. The Labute approximate surface area is 923 Å². The van der Waals surface area contributed by atoms with Crippen LogP contribution in [0.2, 0.25) is 0 Å². The molecular formula is C101H146N3Na4O34-. The number of carbonyl (C=O) groups excluding carboxylic acids is 16. The van der Waals surface area contributed by atoms with Crippen LogP contribution < -0.4 is 154 Å². The number of nitrogens with zero attached hydrogens (tertiary/aromatic N) is 1. The first-order valence-electron chi connectivity index (χ1n) is 46.0. The zero-order valence-electron chi connectivity index (χ0n) is 86.1. The van der Waals surface area contributed by atoms with Crippen molar-refractivity contribution in [3.63, 3.8) is 0 Å². The van der Waals surface area contributed by atoms with Crippen molar-refractivity contribution >= 4 is 94.6 Å². The Morgan fingerprint density at radius 2 is 0.824 bits per heavy atom. The van der Waals surface area contributed by atoms with E-state index >= 15 is 0 Å². The fourth-order valence-electron chi connectivity index (χ4n) is 16.0. The largest absolute Gasteiger partial charge is 1.00 e. The van der Waals surface area contributed by atoms with E-state index in [2.05, 4.69) is 23.9 Å². The minimum absolute atomic E-state index is 0. The zero-order chi connectivity index (χ0) is 103. The fraction of sp³-hybridized carbons (Fsp3) is 0.594. The first-order valence-corrected chi connectivity index (χ1v) is 46.0. The van der Waals surface area contributed by atoms with E-state index in [1.165, 1.54) is 72.3 Å². The second-order valence-corrected chi connectivity index (χ2v) is 32.5. The number of esters is 6. The monoisotopic (exact) mass is 2040 g/mol. The van der Waals surface area contributed by atoms with E-state index in [4.69, 9.17) is 68.1 Å². The predicted octanol–water partition coefficient (Wildman–Crippen LogP) is -4.79. The summed E-state index contributed by atoms with van der Waals surface area (Å²) in [5.41, 5.74) is 8.81. The van der Waals surface area contributed by atoms with Crippen molar-refractivity contribution in [1.82, 2.24) is 10.2 Å². The maximum Gasteiger partial charge on any atom is 1.00 e. The number of aryl methyl sites for hydroxylation is 2. The van der Waals surface area contributed by atoms with Gasteiger partial charge in [0.2, 0.25) is 17.7 Å². The van der Waals surface area contributed by atoms with Crippen LogP contribution >= 0.6 is 0 Å². The minimum Gasteiger partial charge on any atom is -0.870 e. The summed E-state index contributed by atoms with van der Waals surface area (Å²) in [5.74, 6) is -31.3. The summed E-state index contributed by atoms with van der Waals surface area (Å²) >= 11 is 0. The van der Waals surface area contributed by atoms with Crippen molar-refractivity contribution in [2.45, 2.75) is 217 Å². The van der Waals surface area contributed by atoms with Crippen LogP contribution in [0.15, 0.2) is 97.1 Å². The number of aliphatic carboxylic acids is 3. The molecular weight excluding hydrogens is 1890 g/mol. The Balaban J connectivity index is -0.000000998. The van der Waals surface area contributed by atoms with Gasteiger partial charge in [-0.2, -0.15) is 6.92 Å². The van der Waals surface area contributed by atoms with Gasteiger partial charge in [0.25, 0.3) is 0 Å². The summed E-state index contributed by atoms with van der Waals surface area (Å²) in [6, 6.07) is 26.4. The van der Waals surface area contributed by atoms with E-state index in [1.54, 1.807) is 95.3 Å². The third-order valence-electron chi connectivity index (χ3n) is 23.5. The molecule has 0 spiro atoms. The molecule has 3 fully saturated rings. The number of carboxylic acid groups (broad SMARTS) is 3. The van der Waals surface area contributed by atoms with Crippen molar-refractivity contribution < 1.29 is 283 Å². The SMILES string of the molecule is C.CCC(OC)C1C(=O)OC(=O)C1C.CCCCN.CCCCNC(=O)C(C(CC1C(=O)N(CCCC)C(=O)C1C(CC(C(=O)[O-])C(C(=O)OCC)C(CC(C(=O)[O-])C(C(=O)OCCOc1ccc(C(=O)CC(=O)c2ccc(C)cc2)cc1)C(CC)OC)OC)OC)OC)C(CC(OC)C1C(=O)OC(=O)C1C)C(=O)[O-].CCO.Cc1ccc(C(=O)CC(=O)c2ccc(OCCO)cc2)cc1.[CH2-]C.[Na+].[Na+].[Na+].[Na+].[OH-]. The molecule has 3 aliphatic rings. The van der Waals surface area contributed by atoms with Crippen LogP contribution in [-0.4, -0.2) is 254 Å². The van der Waals surface area contributed by atoms with Crippen LogP contribution in [0, 0.1) is 91.8 Å². The molecule has 0 aliphatic carbocycles. The molecule has 4 aromatic rings. The van der Waals surface area contributed by atoms with Crippen LogP contribution in [0.4, 0.5) is 0 Å². The maximum absolute atomic E-state index is 14.8. The molecule has 7 rings (SSSR count). The molecule has 18 unspecified atom stereocenters. The van der Waals surface area contributed by atoms with Crippen molar-refractivity contribution in [1.29, 1.82) is 0 Å². The molecule has 37 nitrogen and oxygen atoms in total. The molecule has 774 valence electrons. The Bertz CT molecular complexity index is 4430. The number of methoxy groups -OCH3 is 6. The molecule has 41 heteroatoms. The number of hydrogen-bond acceptors (Lipinski definition) is 35. The number of rotatable bonds is 55. The standard InChI is InChI=1S/C65H90N2O24.C18H18O4.C9H14O4.C4H11N.C2H6O.C2H5.CH4.4Na.H2O/c1-12-16-26-66-56(70)52(41(59(73)74)31-47(84-8)51-36(6)62(79)91-65(51)82)48(85-9)30-40-53(58(72)67(57(40)71)27-17-13-2)49(86-10)32-43(61(77)78)55(63(80)88-15-4)50(87-11)33-42(60(75)76)54(46(14-3)83-7)64(81)90-29-28-89-39-24-22-38(23-25-39)45(69)34-44(68)37-20-18-35(5)19-21-37;1-13-2-4-14(5-3-13)17(20)12-18(21)15-6-8-16(9-7-15)22-11-10-19;1-4-6(12-3)7-5(2)8(10)13-9(7)11;1-2-3-4-5;1-2-3;1-2;;;;;;/h18-25,36,40-43,46-55H,12-17,26-34H2,1-11H3,(H,66,70)(H,73,74)(H,75,76)(H,77,78);2-9,19H,10-12H2,1H3;5-7H,4H2,1-3H3;2-5H2,1H3;3H,2H2,1H3;1H2,2H3;1H4;;;;;1H2/q;;;;;-1;;4*+1;/p-4. The number of hydrogen-bond donors (Lipinski definition) is 4. The fourth-order valence-corrected chi connectivity index (χ4v) is 16.0. The van der Waals surface area contributed by atoms with E-state index in [1.807, 2.05) is 39.8 Å². The van der Waals surface area contributed by atoms with E-state index in [-0.39, 0.29) is 237 Å². The number of ketones is 4. The summed E-state index contributed by atoms with van der Waals surface area (Å²) in [7, 11) is 7.20. The number of aliphatic hydroxyl groups is 2. The van der Waals surface area contributed by atoms with Gasteiger partial charge in [0.1, 0.15) is 31.3 Å². The number of aliphatic hydroxyl groups excluding tert-OH is 2. The summed E-state index contributed by atoms with van der Waals surface area (Å²) in [6.45, 7) is 24.4. The van der Waals surface area contributed by atoms with E-state index < -0.39 is 205 Å². The van der Waals surface area contributed by atoms with Gasteiger partial charge >= 0.3 is 154 Å². The molecule has 3 saturated heterocycles. The number of carboxylic acids is 3. The van der Waals surface area contributed by atoms with Gasteiger partial charge in [-0.1, -0.05) is 135 Å². The normalized spacial score (nSPS) is 17.8. The predicted molar refractivity (Wildman–Crippen MR) is 498 cm³/mol.